The van der Waals surface area contributed by atoms with Crippen LogP contribution in [0.15, 0.2) is 30.5 Å². The molecule has 0 N–H and O–H groups in total. The average molecular weight is 434 g/mol. The largest absolute Gasteiger partial charge is 0.418 e. The number of likely N-dealkylation sites (tertiary alicyclic amines) is 2. The number of pyridine rings is 1. The average Bonchev–Trinajstić information content (AvgIpc) is 2.73. The first-order valence-electron chi connectivity index (χ1n) is 11.1. The Balaban J connectivity index is 1.64. The lowest BCUT2D eigenvalue weighted by molar-refractivity contribution is -0.136. The van der Waals surface area contributed by atoms with Crippen molar-refractivity contribution in [3.8, 4) is 0 Å². The molecular formula is C24H30F3N3O. The highest BCUT2D eigenvalue weighted by molar-refractivity contribution is 5.86. The van der Waals surface area contributed by atoms with Crippen LogP contribution in [0.2, 0.25) is 0 Å². The second kappa shape index (κ2) is 8.87. The lowest BCUT2D eigenvalue weighted by Crippen LogP contribution is -2.51. The molecule has 2 aromatic rings. The Morgan fingerprint density at radius 2 is 1.90 bits per heavy atom. The van der Waals surface area contributed by atoms with Crippen LogP contribution in [0.3, 0.4) is 0 Å². The molecule has 0 amide bonds. The van der Waals surface area contributed by atoms with E-state index >= 15 is 0 Å². The molecule has 3 atom stereocenters. The van der Waals surface area contributed by atoms with Crippen LogP contribution in [-0.4, -0.2) is 60.3 Å². The molecule has 0 saturated carbocycles. The molecule has 0 aliphatic carbocycles. The minimum absolute atomic E-state index is 0.0135. The van der Waals surface area contributed by atoms with Crippen LogP contribution in [0.25, 0.3) is 10.9 Å². The zero-order valence-corrected chi connectivity index (χ0v) is 18.1. The molecule has 0 spiro atoms. The molecule has 2 aliphatic rings. The van der Waals surface area contributed by atoms with Crippen molar-refractivity contribution in [2.45, 2.75) is 44.3 Å². The quantitative estimate of drug-likeness (QED) is 0.661. The van der Waals surface area contributed by atoms with Gasteiger partial charge in [-0.1, -0.05) is 19.1 Å². The van der Waals surface area contributed by atoms with Crippen molar-refractivity contribution in [1.82, 2.24) is 14.8 Å². The van der Waals surface area contributed by atoms with Gasteiger partial charge in [0.1, 0.15) is 6.29 Å². The highest BCUT2D eigenvalue weighted by Crippen LogP contribution is 2.40. The standard InChI is InChI=1S/C24H30F3N3O/c1-16-12-18(14-30(13-16)22(15-31)17-7-10-29(2)11-8-17)19-5-6-21(24(25,26)27)23-20(19)4-3-9-28-23/h3-6,9,15-18,22H,7-8,10-14H2,1-2H3. The van der Waals surface area contributed by atoms with Gasteiger partial charge in [0.2, 0.25) is 0 Å². The molecule has 3 unspecified atom stereocenters. The van der Waals surface area contributed by atoms with Gasteiger partial charge in [-0.05, 0) is 74.8 Å². The molecule has 2 fully saturated rings. The fourth-order valence-corrected chi connectivity index (χ4v) is 5.51. The second-order valence-electron chi connectivity index (χ2n) is 9.36. The predicted octanol–water partition coefficient (Wildman–Crippen LogP) is 4.59. The van der Waals surface area contributed by atoms with E-state index in [2.05, 4.69) is 28.8 Å². The second-order valence-corrected chi connectivity index (χ2v) is 9.36. The number of carbonyl (C=O) groups excluding carboxylic acids is 1. The fourth-order valence-electron chi connectivity index (χ4n) is 5.51. The molecular weight excluding hydrogens is 403 g/mol. The summed E-state index contributed by atoms with van der Waals surface area (Å²) in [5, 5.41) is 0.568. The third-order valence-corrected chi connectivity index (χ3v) is 7.04. The number of aldehydes is 1. The number of alkyl halides is 3. The van der Waals surface area contributed by atoms with Crippen LogP contribution in [-0.2, 0) is 11.0 Å². The van der Waals surface area contributed by atoms with E-state index in [1.54, 1.807) is 18.2 Å². The van der Waals surface area contributed by atoms with Gasteiger partial charge >= 0.3 is 6.18 Å². The van der Waals surface area contributed by atoms with E-state index in [0.717, 1.165) is 50.7 Å². The van der Waals surface area contributed by atoms with E-state index < -0.39 is 11.7 Å². The molecule has 3 heterocycles. The van der Waals surface area contributed by atoms with Crippen molar-refractivity contribution in [2.75, 3.05) is 33.2 Å². The highest BCUT2D eigenvalue weighted by atomic mass is 19.4. The first-order chi connectivity index (χ1) is 14.8. The van der Waals surface area contributed by atoms with Crippen LogP contribution in [0.1, 0.15) is 43.2 Å². The first-order valence-corrected chi connectivity index (χ1v) is 11.1. The van der Waals surface area contributed by atoms with Crippen LogP contribution in [0, 0.1) is 11.8 Å². The first kappa shape index (κ1) is 22.2. The molecule has 2 aliphatic heterocycles. The maximum Gasteiger partial charge on any atom is 0.418 e. The molecule has 1 aromatic heterocycles. The summed E-state index contributed by atoms with van der Waals surface area (Å²) < 4.78 is 40.5. The Morgan fingerprint density at radius 1 is 1.16 bits per heavy atom. The molecule has 1 aromatic carbocycles. The van der Waals surface area contributed by atoms with Crippen molar-refractivity contribution >= 4 is 17.2 Å². The Hall–Kier alpha value is -1.99. The summed E-state index contributed by atoms with van der Waals surface area (Å²) in [5.74, 6) is 0.776. The number of carbonyl (C=O) groups is 1. The normalized spacial score (nSPS) is 25.6. The van der Waals surface area contributed by atoms with Gasteiger partial charge in [-0.25, -0.2) is 0 Å². The summed E-state index contributed by atoms with van der Waals surface area (Å²) in [5.41, 5.74) is 0.227. The molecule has 7 heteroatoms. The van der Waals surface area contributed by atoms with Gasteiger partial charge in [0, 0.05) is 24.7 Å². The van der Waals surface area contributed by atoms with Crippen molar-refractivity contribution < 1.29 is 18.0 Å². The Labute approximate surface area is 181 Å². The lowest BCUT2D eigenvalue weighted by atomic mass is 9.81. The summed E-state index contributed by atoms with van der Waals surface area (Å²) in [4.78, 5) is 20.8. The van der Waals surface area contributed by atoms with Crippen LogP contribution < -0.4 is 0 Å². The number of fused-ring (bicyclic) bond motifs is 1. The van der Waals surface area contributed by atoms with Gasteiger partial charge in [-0.3, -0.25) is 9.88 Å². The van der Waals surface area contributed by atoms with Gasteiger partial charge in [-0.2, -0.15) is 13.2 Å². The summed E-state index contributed by atoms with van der Waals surface area (Å²) in [7, 11) is 2.11. The van der Waals surface area contributed by atoms with E-state index in [-0.39, 0.29) is 17.5 Å². The zero-order valence-electron chi connectivity index (χ0n) is 18.1. The van der Waals surface area contributed by atoms with E-state index in [0.29, 0.717) is 23.8 Å². The highest BCUT2D eigenvalue weighted by Gasteiger charge is 2.37. The molecule has 4 nitrogen and oxygen atoms in total. The van der Waals surface area contributed by atoms with Crippen molar-refractivity contribution in [1.29, 1.82) is 0 Å². The maximum absolute atomic E-state index is 13.5. The van der Waals surface area contributed by atoms with E-state index in [1.165, 1.54) is 12.3 Å². The van der Waals surface area contributed by atoms with Crippen LogP contribution >= 0.6 is 0 Å². The van der Waals surface area contributed by atoms with E-state index in [1.807, 2.05) is 0 Å². The zero-order chi connectivity index (χ0) is 22.2. The maximum atomic E-state index is 13.5. The third kappa shape index (κ3) is 4.62. The molecule has 31 heavy (non-hydrogen) atoms. The number of hydrogen-bond donors (Lipinski definition) is 0. The minimum atomic E-state index is -4.44. The molecule has 2 saturated heterocycles. The number of piperidine rings is 2. The number of hydrogen-bond acceptors (Lipinski definition) is 4. The van der Waals surface area contributed by atoms with E-state index in [4.69, 9.17) is 0 Å². The number of benzene rings is 1. The number of halogens is 3. The Kier molecular flexibility index (Phi) is 6.35. The molecule has 0 bridgehead atoms. The van der Waals surface area contributed by atoms with E-state index in [9.17, 15) is 18.0 Å². The van der Waals surface area contributed by atoms with Crippen LogP contribution in [0.5, 0.6) is 0 Å². The summed E-state index contributed by atoms with van der Waals surface area (Å²) in [6.07, 6.45) is 0.973. The summed E-state index contributed by atoms with van der Waals surface area (Å²) in [6.45, 7) is 5.70. The third-order valence-electron chi connectivity index (χ3n) is 7.04. The smallest absolute Gasteiger partial charge is 0.306 e. The molecule has 0 radical (unpaired) electrons. The molecule has 4 rings (SSSR count). The lowest BCUT2D eigenvalue weighted by Gasteiger charge is -2.43. The van der Waals surface area contributed by atoms with Crippen molar-refractivity contribution in [2.24, 2.45) is 11.8 Å². The topological polar surface area (TPSA) is 36.4 Å². The molecule has 168 valence electrons. The summed E-state index contributed by atoms with van der Waals surface area (Å²) in [6, 6.07) is 6.10. The summed E-state index contributed by atoms with van der Waals surface area (Å²) >= 11 is 0. The van der Waals surface area contributed by atoms with Crippen molar-refractivity contribution in [3.05, 3.63) is 41.6 Å². The predicted molar refractivity (Wildman–Crippen MR) is 115 cm³/mol. The number of nitrogens with zero attached hydrogens (tertiary/aromatic N) is 3. The van der Waals surface area contributed by atoms with Gasteiger partial charge in [0.25, 0.3) is 0 Å². The Morgan fingerprint density at radius 3 is 2.58 bits per heavy atom. The monoisotopic (exact) mass is 433 g/mol. The fraction of sp³-hybridized carbons (Fsp3) is 0.583. The number of rotatable bonds is 4. The Bertz CT molecular complexity index is 924. The SMILES string of the molecule is CC1CC(c2ccc(C(F)(F)F)c3ncccc23)CN(C(C=O)C2CCN(C)CC2)C1. The van der Waals surface area contributed by atoms with Gasteiger partial charge in [-0.15, -0.1) is 0 Å². The van der Waals surface area contributed by atoms with Crippen molar-refractivity contribution in [3.63, 3.8) is 0 Å². The number of aromatic nitrogens is 1. The van der Waals surface area contributed by atoms with Gasteiger partial charge < -0.3 is 9.69 Å². The van der Waals surface area contributed by atoms with Gasteiger partial charge in [0.05, 0.1) is 17.1 Å². The van der Waals surface area contributed by atoms with Gasteiger partial charge in [0.15, 0.2) is 0 Å². The minimum Gasteiger partial charge on any atom is -0.306 e. The van der Waals surface area contributed by atoms with Crippen LogP contribution in [0.4, 0.5) is 13.2 Å².